The van der Waals surface area contributed by atoms with Crippen LogP contribution in [0.4, 0.5) is 11.6 Å². The fourth-order valence-corrected chi connectivity index (χ4v) is 3.23. The van der Waals surface area contributed by atoms with Gasteiger partial charge in [0.25, 0.3) is 0 Å². The second-order valence-corrected chi connectivity index (χ2v) is 6.09. The molecule has 1 unspecified atom stereocenters. The molecule has 1 atom stereocenters. The molecule has 7 heteroatoms. The van der Waals surface area contributed by atoms with E-state index in [0.29, 0.717) is 12.0 Å². The van der Waals surface area contributed by atoms with Crippen LogP contribution in [-0.4, -0.2) is 37.8 Å². The summed E-state index contributed by atoms with van der Waals surface area (Å²) >= 11 is 0. The number of aromatic nitrogens is 5. The molecule has 3 aromatic rings. The molecule has 3 aromatic heterocycles. The Hall–Kier alpha value is -2.41. The Morgan fingerprint density at radius 1 is 1.30 bits per heavy atom. The number of rotatable bonds is 3. The van der Waals surface area contributed by atoms with Gasteiger partial charge in [-0.3, -0.25) is 4.68 Å². The van der Waals surface area contributed by atoms with E-state index in [1.54, 1.807) is 0 Å². The molecule has 0 radical (unpaired) electrons. The van der Waals surface area contributed by atoms with E-state index in [0.717, 1.165) is 41.2 Å². The number of hydrogen-bond acceptors (Lipinski definition) is 5. The van der Waals surface area contributed by atoms with Gasteiger partial charge in [0.05, 0.1) is 29.3 Å². The summed E-state index contributed by atoms with van der Waals surface area (Å²) in [5.41, 5.74) is 3.88. The van der Waals surface area contributed by atoms with Gasteiger partial charge in [-0.2, -0.15) is 10.1 Å². The number of fused-ring (bicyclic) bond motifs is 1. The van der Waals surface area contributed by atoms with E-state index in [1.807, 2.05) is 25.4 Å². The van der Waals surface area contributed by atoms with Crippen molar-refractivity contribution in [2.24, 2.45) is 0 Å². The highest BCUT2D eigenvalue weighted by Crippen LogP contribution is 2.25. The summed E-state index contributed by atoms with van der Waals surface area (Å²) in [4.78, 5) is 12.2. The Bertz CT molecular complexity index is 826. The van der Waals surface area contributed by atoms with Gasteiger partial charge in [-0.05, 0) is 39.3 Å². The second kappa shape index (κ2) is 5.66. The minimum Gasteiger partial charge on any atom is -0.346 e. The average molecular weight is 311 g/mol. The van der Waals surface area contributed by atoms with Crippen LogP contribution in [0.2, 0.25) is 0 Å². The van der Waals surface area contributed by atoms with Gasteiger partial charge in [0.1, 0.15) is 5.65 Å². The topological polar surface area (TPSA) is 83.4 Å². The van der Waals surface area contributed by atoms with E-state index in [9.17, 15) is 0 Å². The second-order valence-electron chi connectivity index (χ2n) is 6.09. The molecule has 0 aromatic carbocycles. The molecule has 1 aliphatic rings. The van der Waals surface area contributed by atoms with Gasteiger partial charge in [0.15, 0.2) is 0 Å². The van der Waals surface area contributed by atoms with Crippen molar-refractivity contribution < 1.29 is 0 Å². The first-order chi connectivity index (χ1) is 11.2. The molecule has 0 bridgehead atoms. The maximum Gasteiger partial charge on any atom is 0.229 e. The summed E-state index contributed by atoms with van der Waals surface area (Å²) in [5, 5.41) is 12.4. The minimum atomic E-state index is 0.424. The highest BCUT2D eigenvalue weighted by molar-refractivity contribution is 5.79. The molecule has 0 spiro atoms. The Balaban J connectivity index is 1.61. The van der Waals surface area contributed by atoms with Gasteiger partial charge < -0.3 is 15.6 Å². The SMILES string of the molecule is Cc1nc(Nc2cnn(C3CCCNC3)c2C)nc2[nH]ccc12. The first-order valence-corrected chi connectivity index (χ1v) is 8.06. The van der Waals surface area contributed by atoms with Crippen LogP contribution in [-0.2, 0) is 0 Å². The van der Waals surface area contributed by atoms with Gasteiger partial charge in [-0.15, -0.1) is 0 Å². The number of aryl methyl sites for hydroxylation is 1. The van der Waals surface area contributed by atoms with Crippen molar-refractivity contribution in [1.82, 2.24) is 30.0 Å². The molecule has 4 rings (SSSR count). The lowest BCUT2D eigenvalue weighted by molar-refractivity contribution is 0.342. The van der Waals surface area contributed by atoms with Gasteiger partial charge in [-0.1, -0.05) is 0 Å². The quantitative estimate of drug-likeness (QED) is 0.692. The van der Waals surface area contributed by atoms with Crippen LogP contribution >= 0.6 is 0 Å². The number of hydrogen-bond donors (Lipinski definition) is 3. The fraction of sp³-hybridized carbons (Fsp3) is 0.438. The first-order valence-electron chi connectivity index (χ1n) is 8.06. The first kappa shape index (κ1) is 14.2. The van der Waals surface area contributed by atoms with Crippen molar-refractivity contribution in [3.63, 3.8) is 0 Å². The molecule has 1 aliphatic heterocycles. The lowest BCUT2D eigenvalue weighted by Gasteiger charge is -2.24. The van der Waals surface area contributed by atoms with Crippen molar-refractivity contribution in [1.29, 1.82) is 0 Å². The van der Waals surface area contributed by atoms with Crippen molar-refractivity contribution in [3.05, 3.63) is 29.8 Å². The van der Waals surface area contributed by atoms with E-state index < -0.39 is 0 Å². The third kappa shape index (κ3) is 2.57. The monoisotopic (exact) mass is 311 g/mol. The van der Waals surface area contributed by atoms with Crippen molar-refractivity contribution in [2.75, 3.05) is 18.4 Å². The van der Waals surface area contributed by atoms with Gasteiger partial charge in [0, 0.05) is 18.1 Å². The highest BCUT2D eigenvalue weighted by Gasteiger charge is 2.19. The van der Waals surface area contributed by atoms with E-state index >= 15 is 0 Å². The predicted molar refractivity (Wildman–Crippen MR) is 90.0 cm³/mol. The lowest BCUT2D eigenvalue weighted by Crippen LogP contribution is -2.32. The number of anilines is 2. The number of H-pyrrole nitrogens is 1. The van der Waals surface area contributed by atoms with E-state index in [-0.39, 0.29) is 0 Å². The van der Waals surface area contributed by atoms with Crippen LogP contribution in [0.15, 0.2) is 18.5 Å². The highest BCUT2D eigenvalue weighted by atomic mass is 15.3. The molecular weight excluding hydrogens is 290 g/mol. The summed E-state index contributed by atoms with van der Waals surface area (Å²) in [6.07, 6.45) is 6.11. The Morgan fingerprint density at radius 3 is 3.04 bits per heavy atom. The van der Waals surface area contributed by atoms with E-state index in [4.69, 9.17) is 0 Å². The molecule has 1 fully saturated rings. The van der Waals surface area contributed by atoms with E-state index in [1.165, 1.54) is 12.8 Å². The molecule has 23 heavy (non-hydrogen) atoms. The van der Waals surface area contributed by atoms with Crippen LogP contribution in [0.25, 0.3) is 11.0 Å². The molecule has 3 N–H and O–H groups in total. The Labute approximate surface area is 134 Å². The smallest absolute Gasteiger partial charge is 0.229 e. The summed E-state index contributed by atoms with van der Waals surface area (Å²) in [6, 6.07) is 2.42. The summed E-state index contributed by atoms with van der Waals surface area (Å²) in [6.45, 7) is 6.16. The summed E-state index contributed by atoms with van der Waals surface area (Å²) in [5.74, 6) is 0.599. The Kier molecular flexibility index (Phi) is 3.49. The summed E-state index contributed by atoms with van der Waals surface area (Å²) in [7, 11) is 0. The molecule has 1 saturated heterocycles. The van der Waals surface area contributed by atoms with Gasteiger partial charge in [-0.25, -0.2) is 4.98 Å². The van der Waals surface area contributed by atoms with Crippen LogP contribution in [0.3, 0.4) is 0 Å². The fourth-order valence-electron chi connectivity index (χ4n) is 3.23. The maximum atomic E-state index is 4.56. The number of nitrogens with one attached hydrogen (secondary N) is 3. The molecule has 0 aliphatic carbocycles. The van der Waals surface area contributed by atoms with Crippen molar-refractivity contribution in [3.8, 4) is 0 Å². The zero-order chi connectivity index (χ0) is 15.8. The third-order valence-electron chi connectivity index (χ3n) is 4.51. The minimum absolute atomic E-state index is 0.424. The molecule has 0 saturated carbocycles. The standard InChI is InChI=1S/C16H21N7/c1-10-13-5-7-18-15(13)22-16(20-10)21-14-9-19-23(11(14)2)12-4-3-6-17-8-12/h5,7,9,12,17H,3-4,6,8H2,1-2H3,(H2,18,20,21,22). The summed E-state index contributed by atoms with van der Waals surface area (Å²) < 4.78 is 2.11. The van der Waals surface area contributed by atoms with Gasteiger partial charge >= 0.3 is 0 Å². The predicted octanol–water partition coefficient (Wildman–Crippen LogP) is 2.44. The van der Waals surface area contributed by atoms with Crippen molar-refractivity contribution in [2.45, 2.75) is 32.7 Å². The van der Waals surface area contributed by atoms with Crippen LogP contribution in [0, 0.1) is 13.8 Å². The maximum absolute atomic E-state index is 4.56. The zero-order valence-electron chi connectivity index (χ0n) is 13.4. The van der Waals surface area contributed by atoms with Crippen LogP contribution in [0.5, 0.6) is 0 Å². The molecule has 4 heterocycles. The Morgan fingerprint density at radius 2 is 2.22 bits per heavy atom. The van der Waals surface area contributed by atoms with Crippen LogP contribution in [0.1, 0.15) is 30.3 Å². The number of aromatic amines is 1. The molecule has 120 valence electrons. The van der Waals surface area contributed by atoms with Crippen LogP contribution < -0.4 is 10.6 Å². The lowest BCUT2D eigenvalue weighted by atomic mass is 10.1. The molecular formula is C16H21N7. The largest absolute Gasteiger partial charge is 0.346 e. The van der Waals surface area contributed by atoms with Crippen molar-refractivity contribution >= 4 is 22.7 Å². The average Bonchev–Trinajstić information content (AvgIpc) is 3.16. The number of nitrogens with zero attached hydrogens (tertiary/aromatic N) is 4. The molecule has 0 amide bonds. The van der Waals surface area contributed by atoms with Gasteiger partial charge in [0.2, 0.25) is 5.95 Å². The molecule has 7 nitrogen and oxygen atoms in total. The number of piperidine rings is 1. The zero-order valence-corrected chi connectivity index (χ0v) is 13.4. The van der Waals surface area contributed by atoms with E-state index in [2.05, 4.69) is 42.3 Å². The normalized spacial score (nSPS) is 18.4. The third-order valence-corrected chi connectivity index (χ3v) is 4.51.